The van der Waals surface area contributed by atoms with E-state index in [2.05, 4.69) is 15.1 Å². The molecular formula is C8H8N6O. The molecule has 7 nitrogen and oxygen atoms in total. The Balaban J connectivity index is 2.57. The van der Waals surface area contributed by atoms with Crippen LogP contribution in [-0.4, -0.2) is 25.7 Å². The molecule has 2 rings (SSSR count). The molecule has 0 saturated carbocycles. The van der Waals surface area contributed by atoms with Gasteiger partial charge in [0.05, 0.1) is 18.1 Å². The summed E-state index contributed by atoms with van der Waals surface area (Å²) in [5.41, 5.74) is 11.2. The summed E-state index contributed by atoms with van der Waals surface area (Å²) < 4.78 is 1.35. The Morgan fingerprint density at radius 2 is 2.07 bits per heavy atom. The molecule has 2 aromatic rings. The topological polar surface area (TPSA) is 113 Å². The standard InChI is InChI=1S/C8H8N6O/c9-5-3-13-14(4-5)8-6(7(10)15)11-1-2-12-8/h1-4H,9H2,(H2,10,15). The predicted molar refractivity (Wildman–Crippen MR) is 52.1 cm³/mol. The molecule has 1 amide bonds. The lowest BCUT2D eigenvalue weighted by Gasteiger charge is -2.02. The van der Waals surface area contributed by atoms with Gasteiger partial charge >= 0.3 is 0 Å². The van der Waals surface area contributed by atoms with Crippen molar-refractivity contribution in [2.75, 3.05) is 5.73 Å². The highest BCUT2D eigenvalue weighted by atomic mass is 16.1. The molecule has 2 heterocycles. The predicted octanol–water partition coefficient (Wildman–Crippen LogP) is -0.657. The fraction of sp³-hybridized carbons (Fsp3) is 0. The molecule has 0 fully saturated rings. The van der Waals surface area contributed by atoms with Crippen molar-refractivity contribution in [2.24, 2.45) is 5.73 Å². The van der Waals surface area contributed by atoms with Crippen LogP contribution in [0, 0.1) is 0 Å². The van der Waals surface area contributed by atoms with E-state index >= 15 is 0 Å². The number of rotatable bonds is 2. The van der Waals surface area contributed by atoms with E-state index in [1.807, 2.05) is 0 Å². The summed E-state index contributed by atoms with van der Waals surface area (Å²) in [4.78, 5) is 18.8. The molecule has 0 bridgehead atoms. The van der Waals surface area contributed by atoms with Crippen LogP contribution >= 0.6 is 0 Å². The summed E-state index contributed by atoms with van der Waals surface area (Å²) >= 11 is 0. The number of amides is 1. The third-order valence-electron chi connectivity index (χ3n) is 1.73. The summed E-state index contributed by atoms with van der Waals surface area (Å²) in [6.45, 7) is 0. The van der Waals surface area contributed by atoms with Crippen molar-refractivity contribution in [3.8, 4) is 5.82 Å². The highest BCUT2D eigenvalue weighted by Crippen LogP contribution is 2.09. The van der Waals surface area contributed by atoms with Gasteiger partial charge in [-0.1, -0.05) is 0 Å². The summed E-state index contributed by atoms with van der Waals surface area (Å²) in [5.74, 6) is -0.395. The molecule has 2 aromatic heterocycles. The van der Waals surface area contributed by atoms with E-state index in [0.717, 1.165) is 0 Å². The van der Waals surface area contributed by atoms with E-state index < -0.39 is 5.91 Å². The van der Waals surface area contributed by atoms with Crippen LogP contribution in [0.2, 0.25) is 0 Å². The van der Waals surface area contributed by atoms with Crippen LogP contribution in [0.3, 0.4) is 0 Å². The zero-order chi connectivity index (χ0) is 10.8. The Morgan fingerprint density at radius 3 is 2.67 bits per heavy atom. The lowest BCUT2D eigenvalue weighted by atomic mass is 10.4. The Bertz CT molecular complexity index is 505. The van der Waals surface area contributed by atoms with Gasteiger partial charge in [0.25, 0.3) is 5.91 Å². The number of primary amides is 1. The zero-order valence-electron chi connectivity index (χ0n) is 7.66. The summed E-state index contributed by atoms with van der Waals surface area (Å²) in [6.07, 6.45) is 5.80. The highest BCUT2D eigenvalue weighted by Gasteiger charge is 2.12. The van der Waals surface area contributed by atoms with Gasteiger partial charge in [0, 0.05) is 12.4 Å². The lowest BCUT2D eigenvalue weighted by Crippen LogP contribution is -2.17. The molecule has 0 aliphatic rings. The second-order valence-corrected chi connectivity index (χ2v) is 2.81. The minimum absolute atomic E-state index is 0.0561. The Labute approximate surface area is 84.7 Å². The number of nitrogen functional groups attached to an aromatic ring is 1. The van der Waals surface area contributed by atoms with Gasteiger partial charge in [-0.05, 0) is 0 Å². The molecular weight excluding hydrogens is 196 g/mol. The van der Waals surface area contributed by atoms with Gasteiger partial charge in [0.2, 0.25) is 0 Å². The molecule has 0 spiro atoms. The van der Waals surface area contributed by atoms with Crippen molar-refractivity contribution in [3.05, 3.63) is 30.5 Å². The summed E-state index contributed by atoms with van der Waals surface area (Å²) in [5, 5.41) is 3.91. The van der Waals surface area contributed by atoms with Crippen LogP contribution in [0.4, 0.5) is 5.69 Å². The minimum atomic E-state index is -0.660. The molecule has 0 radical (unpaired) electrons. The van der Waals surface area contributed by atoms with E-state index in [0.29, 0.717) is 5.69 Å². The van der Waals surface area contributed by atoms with Gasteiger partial charge in [-0.25, -0.2) is 14.6 Å². The molecule has 76 valence electrons. The van der Waals surface area contributed by atoms with Crippen LogP contribution in [0.15, 0.2) is 24.8 Å². The van der Waals surface area contributed by atoms with Crippen molar-refractivity contribution in [1.82, 2.24) is 19.7 Å². The zero-order valence-corrected chi connectivity index (χ0v) is 7.66. The first-order chi connectivity index (χ1) is 7.18. The van der Waals surface area contributed by atoms with Crippen molar-refractivity contribution < 1.29 is 4.79 Å². The van der Waals surface area contributed by atoms with Crippen LogP contribution in [-0.2, 0) is 0 Å². The van der Waals surface area contributed by atoms with E-state index in [-0.39, 0.29) is 11.5 Å². The van der Waals surface area contributed by atoms with E-state index in [1.165, 1.54) is 29.5 Å². The number of hydrogen-bond acceptors (Lipinski definition) is 5. The quantitative estimate of drug-likeness (QED) is 0.674. The van der Waals surface area contributed by atoms with E-state index in [9.17, 15) is 4.79 Å². The molecule has 15 heavy (non-hydrogen) atoms. The van der Waals surface area contributed by atoms with Gasteiger partial charge in [0.1, 0.15) is 0 Å². The van der Waals surface area contributed by atoms with E-state index in [4.69, 9.17) is 11.5 Å². The normalized spacial score (nSPS) is 10.1. The van der Waals surface area contributed by atoms with Crippen LogP contribution in [0.5, 0.6) is 0 Å². The Kier molecular flexibility index (Phi) is 2.05. The second-order valence-electron chi connectivity index (χ2n) is 2.81. The number of nitrogens with zero attached hydrogens (tertiary/aromatic N) is 4. The Hall–Kier alpha value is -2.44. The maximum Gasteiger partial charge on any atom is 0.271 e. The number of hydrogen-bond donors (Lipinski definition) is 2. The third-order valence-corrected chi connectivity index (χ3v) is 1.73. The average Bonchev–Trinajstić information content (AvgIpc) is 2.65. The molecule has 0 saturated heterocycles. The van der Waals surface area contributed by atoms with Crippen LogP contribution in [0.25, 0.3) is 5.82 Å². The first-order valence-electron chi connectivity index (χ1n) is 4.10. The van der Waals surface area contributed by atoms with Gasteiger partial charge in [0.15, 0.2) is 11.5 Å². The molecule has 7 heteroatoms. The monoisotopic (exact) mass is 204 g/mol. The molecule has 0 atom stereocenters. The minimum Gasteiger partial charge on any atom is -0.396 e. The van der Waals surface area contributed by atoms with Crippen molar-refractivity contribution in [3.63, 3.8) is 0 Å². The number of carbonyl (C=O) groups excluding carboxylic acids is 1. The number of nitrogens with two attached hydrogens (primary N) is 2. The second kappa shape index (κ2) is 3.37. The molecule has 0 aliphatic heterocycles. The maximum absolute atomic E-state index is 11.0. The lowest BCUT2D eigenvalue weighted by molar-refractivity contribution is 0.0995. The number of carbonyl (C=O) groups is 1. The Morgan fingerprint density at radius 1 is 1.33 bits per heavy atom. The molecule has 0 aliphatic carbocycles. The van der Waals surface area contributed by atoms with Crippen LogP contribution < -0.4 is 11.5 Å². The van der Waals surface area contributed by atoms with Crippen molar-refractivity contribution >= 4 is 11.6 Å². The van der Waals surface area contributed by atoms with Crippen LogP contribution in [0.1, 0.15) is 10.5 Å². The first-order valence-corrected chi connectivity index (χ1v) is 4.10. The summed E-state index contributed by atoms with van der Waals surface area (Å²) in [7, 11) is 0. The van der Waals surface area contributed by atoms with Crippen molar-refractivity contribution in [2.45, 2.75) is 0 Å². The third kappa shape index (κ3) is 1.62. The summed E-state index contributed by atoms with van der Waals surface area (Å²) in [6, 6.07) is 0. The fourth-order valence-electron chi connectivity index (χ4n) is 1.12. The highest BCUT2D eigenvalue weighted by molar-refractivity contribution is 5.93. The maximum atomic E-state index is 11.0. The SMILES string of the molecule is NC(=O)c1nccnc1-n1cc(N)cn1. The van der Waals surface area contributed by atoms with Gasteiger partial charge in [-0.2, -0.15) is 5.10 Å². The van der Waals surface area contributed by atoms with Gasteiger partial charge in [-0.15, -0.1) is 0 Å². The molecule has 4 N–H and O–H groups in total. The first kappa shape index (κ1) is 9.13. The average molecular weight is 204 g/mol. The van der Waals surface area contributed by atoms with Gasteiger partial charge < -0.3 is 11.5 Å². The largest absolute Gasteiger partial charge is 0.396 e. The molecule has 0 aromatic carbocycles. The smallest absolute Gasteiger partial charge is 0.271 e. The fourth-order valence-corrected chi connectivity index (χ4v) is 1.12. The molecule has 0 unspecified atom stereocenters. The van der Waals surface area contributed by atoms with Crippen molar-refractivity contribution in [1.29, 1.82) is 0 Å². The number of aromatic nitrogens is 4. The van der Waals surface area contributed by atoms with Gasteiger partial charge in [-0.3, -0.25) is 4.79 Å². The number of anilines is 1. The van der Waals surface area contributed by atoms with E-state index in [1.54, 1.807) is 0 Å².